The lowest BCUT2D eigenvalue weighted by molar-refractivity contribution is 0.300. The van der Waals surface area contributed by atoms with Gasteiger partial charge in [-0.25, -0.2) is 4.98 Å². The van der Waals surface area contributed by atoms with Crippen molar-refractivity contribution in [2.24, 2.45) is 0 Å². The van der Waals surface area contributed by atoms with Crippen molar-refractivity contribution in [2.45, 2.75) is 20.3 Å². The number of aromatic amines is 1. The summed E-state index contributed by atoms with van der Waals surface area (Å²) in [4.78, 5) is 17.8. The first-order valence-electron chi connectivity index (χ1n) is 6.67. The minimum atomic E-state index is 0.239. The van der Waals surface area contributed by atoms with Crippen LogP contribution in [0.2, 0.25) is 0 Å². The van der Waals surface area contributed by atoms with E-state index >= 15 is 0 Å². The Morgan fingerprint density at radius 3 is 2.89 bits per heavy atom. The van der Waals surface area contributed by atoms with Crippen molar-refractivity contribution in [2.75, 3.05) is 37.2 Å². The van der Waals surface area contributed by atoms with Gasteiger partial charge < -0.3 is 20.9 Å². The van der Waals surface area contributed by atoms with Crippen LogP contribution in [-0.4, -0.2) is 51.0 Å². The third kappa shape index (κ3) is 3.31. The van der Waals surface area contributed by atoms with Crippen molar-refractivity contribution in [3.8, 4) is 0 Å². The van der Waals surface area contributed by atoms with Crippen LogP contribution in [0.4, 0.5) is 11.8 Å². The summed E-state index contributed by atoms with van der Waals surface area (Å²) >= 11 is 0. The number of H-pyrrole nitrogens is 1. The SMILES string of the molecule is CCCN(CC)CCNc1nc(N)nc2nc[nH]c12. The van der Waals surface area contributed by atoms with Crippen LogP contribution in [0.25, 0.3) is 11.2 Å². The first kappa shape index (κ1) is 13.5. The first-order chi connectivity index (χ1) is 9.24. The highest BCUT2D eigenvalue weighted by atomic mass is 15.2. The van der Waals surface area contributed by atoms with E-state index in [1.165, 1.54) is 6.42 Å². The van der Waals surface area contributed by atoms with Gasteiger partial charge in [0.05, 0.1) is 6.33 Å². The van der Waals surface area contributed by atoms with Crippen LogP contribution in [0.5, 0.6) is 0 Å². The minimum Gasteiger partial charge on any atom is -0.368 e. The molecule has 0 radical (unpaired) electrons. The van der Waals surface area contributed by atoms with Crippen molar-refractivity contribution < 1.29 is 0 Å². The Morgan fingerprint density at radius 2 is 2.16 bits per heavy atom. The van der Waals surface area contributed by atoms with E-state index in [1.807, 2.05) is 0 Å². The van der Waals surface area contributed by atoms with Crippen LogP contribution in [0.3, 0.4) is 0 Å². The number of nitrogens with one attached hydrogen (secondary N) is 2. The molecule has 0 aliphatic rings. The molecule has 4 N–H and O–H groups in total. The lowest BCUT2D eigenvalue weighted by Gasteiger charge is -2.19. The molecule has 0 unspecified atom stereocenters. The van der Waals surface area contributed by atoms with Gasteiger partial charge in [0.15, 0.2) is 11.5 Å². The second-order valence-electron chi connectivity index (χ2n) is 4.39. The Kier molecular flexibility index (Phi) is 4.51. The van der Waals surface area contributed by atoms with E-state index < -0.39 is 0 Å². The van der Waals surface area contributed by atoms with Gasteiger partial charge in [-0.3, -0.25) is 0 Å². The summed E-state index contributed by atoms with van der Waals surface area (Å²) < 4.78 is 0. The average Bonchev–Trinajstić information content (AvgIpc) is 2.85. The number of likely N-dealkylation sites (N-methyl/N-ethyl adjacent to an activating group) is 1. The topological polar surface area (TPSA) is 95.8 Å². The van der Waals surface area contributed by atoms with Gasteiger partial charge in [-0.2, -0.15) is 9.97 Å². The Bertz CT molecular complexity index is 522. The molecule has 0 bridgehead atoms. The zero-order valence-electron chi connectivity index (χ0n) is 11.5. The molecule has 2 aromatic rings. The summed E-state index contributed by atoms with van der Waals surface area (Å²) in [5.41, 5.74) is 7.06. The molecule has 2 rings (SSSR count). The molecule has 0 spiro atoms. The van der Waals surface area contributed by atoms with E-state index in [0.29, 0.717) is 11.5 Å². The Morgan fingerprint density at radius 1 is 1.32 bits per heavy atom. The van der Waals surface area contributed by atoms with Crippen LogP contribution < -0.4 is 11.1 Å². The van der Waals surface area contributed by atoms with E-state index in [4.69, 9.17) is 5.73 Å². The number of hydrogen-bond acceptors (Lipinski definition) is 6. The van der Waals surface area contributed by atoms with Gasteiger partial charge in [-0.1, -0.05) is 13.8 Å². The van der Waals surface area contributed by atoms with Gasteiger partial charge in [-0.15, -0.1) is 0 Å². The molecule has 19 heavy (non-hydrogen) atoms. The second kappa shape index (κ2) is 6.33. The second-order valence-corrected chi connectivity index (χ2v) is 4.39. The van der Waals surface area contributed by atoms with E-state index in [2.05, 4.69) is 44.0 Å². The highest BCUT2D eigenvalue weighted by molar-refractivity contribution is 5.83. The highest BCUT2D eigenvalue weighted by Gasteiger charge is 2.08. The average molecular weight is 263 g/mol. The lowest BCUT2D eigenvalue weighted by atomic mass is 10.4. The van der Waals surface area contributed by atoms with Crippen LogP contribution in [0.1, 0.15) is 20.3 Å². The Labute approximate surface area is 112 Å². The van der Waals surface area contributed by atoms with E-state index in [-0.39, 0.29) is 5.95 Å². The predicted octanol–water partition coefficient (Wildman–Crippen LogP) is 1.08. The van der Waals surface area contributed by atoms with E-state index in [9.17, 15) is 0 Å². The number of nitrogens with two attached hydrogens (primary N) is 1. The molecule has 0 saturated heterocycles. The summed E-state index contributed by atoms with van der Waals surface area (Å²) in [6.45, 7) is 8.33. The molecule has 2 aromatic heterocycles. The van der Waals surface area contributed by atoms with Crippen LogP contribution in [0.15, 0.2) is 6.33 Å². The van der Waals surface area contributed by atoms with Crippen molar-refractivity contribution in [3.05, 3.63) is 6.33 Å². The molecule has 0 aliphatic carbocycles. The molecule has 7 nitrogen and oxygen atoms in total. The molecular formula is C12H21N7. The molecule has 0 amide bonds. The molecule has 0 aromatic carbocycles. The number of nitrogen functional groups attached to an aromatic ring is 1. The molecule has 104 valence electrons. The number of aromatic nitrogens is 4. The smallest absolute Gasteiger partial charge is 0.224 e. The van der Waals surface area contributed by atoms with Crippen molar-refractivity contribution >= 4 is 22.9 Å². The summed E-state index contributed by atoms with van der Waals surface area (Å²) in [7, 11) is 0. The number of imidazole rings is 1. The lowest BCUT2D eigenvalue weighted by Crippen LogP contribution is -2.29. The Hall–Kier alpha value is -1.89. The molecule has 0 atom stereocenters. The standard InChI is InChI=1S/C12H21N7/c1-3-6-19(4-2)7-5-14-10-9-11(16-8-15-9)18-12(13)17-10/h8H,3-7H2,1-2H3,(H4,13,14,15,16,17,18). The highest BCUT2D eigenvalue weighted by Crippen LogP contribution is 2.16. The van der Waals surface area contributed by atoms with Gasteiger partial charge in [0.25, 0.3) is 0 Å². The number of rotatable bonds is 7. The van der Waals surface area contributed by atoms with Crippen LogP contribution in [0, 0.1) is 0 Å². The fourth-order valence-corrected chi connectivity index (χ4v) is 2.05. The zero-order valence-corrected chi connectivity index (χ0v) is 11.5. The Balaban J connectivity index is 1.99. The third-order valence-electron chi connectivity index (χ3n) is 3.01. The summed E-state index contributed by atoms with van der Waals surface area (Å²) in [5, 5.41) is 3.29. The van der Waals surface area contributed by atoms with Gasteiger partial charge in [0, 0.05) is 13.1 Å². The number of nitrogens with zero attached hydrogens (tertiary/aromatic N) is 4. The van der Waals surface area contributed by atoms with Crippen molar-refractivity contribution in [3.63, 3.8) is 0 Å². The van der Waals surface area contributed by atoms with E-state index in [0.717, 1.165) is 31.7 Å². The summed E-state index contributed by atoms with van der Waals surface area (Å²) in [6.07, 6.45) is 2.76. The van der Waals surface area contributed by atoms with Gasteiger partial charge in [0.1, 0.15) is 5.52 Å². The van der Waals surface area contributed by atoms with Crippen molar-refractivity contribution in [1.82, 2.24) is 24.8 Å². The monoisotopic (exact) mass is 263 g/mol. The van der Waals surface area contributed by atoms with Crippen molar-refractivity contribution in [1.29, 1.82) is 0 Å². The normalized spacial score (nSPS) is 11.3. The maximum atomic E-state index is 5.66. The molecule has 2 heterocycles. The fourth-order valence-electron chi connectivity index (χ4n) is 2.05. The molecule has 7 heteroatoms. The van der Waals surface area contributed by atoms with Gasteiger partial charge in [-0.05, 0) is 19.5 Å². The maximum Gasteiger partial charge on any atom is 0.224 e. The number of fused-ring (bicyclic) bond motifs is 1. The number of hydrogen-bond donors (Lipinski definition) is 3. The van der Waals surface area contributed by atoms with Gasteiger partial charge >= 0.3 is 0 Å². The fraction of sp³-hybridized carbons (Fsp3) is 0.583. The van der Waals surface area contributed by atoms with Crippen LogP contribution in [-0.2, 0) is 0 Å². The van der Waals surface area contributed by atoms with E-state index in [1.54, 1.807) is 6.33 Å². The minimum absolute atomic E-state index is 0.239. The predicted molar refractivity (Wildman–Crippen MR) is 77.0 cm³/mol. The quantitative estimate of drug-likeness (QED) is 0.692. The summed E-state index contributed by atoms with van der Waals surface area (Å²) in [5.74, 6) is 0.954. The molecule has 0 aliphatic heterocycles. The molecular weight excluding hydrogens is 242 g/mol. The third-order valence-corrected chi connectivity index (χ3v) is 3.01. The first-order valence-corrected chi connectivity index (χ1v) is 6.67. The van der Waals surface area contributed by atoms with Crippen LogP contribution >= 0.6 is 0 Å². The number of anilines is 2. The summed E-state index contributed by atoms with van der Waals surface area (Å²) in [6, 6.07) is 0. The zero-order chi connectivity index (χ0) is 13.7. The maximum absolute atomic E-state index is 5.66. The van der Waals surface area contributed by atoms with Gasteiger partial charge in [0.2, 0.25) is 5.95 Å². The largest absolute Gasteiger partial charge is 0.368 e. The molecule has 0 fully saturated rings. The molecule has 0 saturated carbocycles.